The molecule has 0 saturated heterocycles. The van der Waals surface area contributed by atoms with Gasteiger partial charge in [-0.2, -0.15) is 0 Å². The van der Waals surface area contributed by atoms with E-state index in [-0.39, 0.29) is 12.0 Å². The molecule has 3 unspecified atom stereocenters. The third-order valence-corrected chi connectivity index (χ3v) is 5.07. The molecule has 1 heterocycles. The molecule has 1 aliphatic carbocycles. The molecule has 0 aromatic carbocycles. The standard InChI is InChI=1S/C15H23NO2S/c1-3-16(10-12-5-4-8-19-12)14-9-11(2)6-7-13(14)15(17)18/h4-5,8,11,13-14H,3,6-7,9-10H2,1-2H3,(H,17,18). The molecule has 3 nitrogen and oxygen atoms in total. The maximum absolute atomic E-state index is 11.5. The molecule has 1 aromatic heterocycles. The fourth-order valence-electron chi connectivity index (χ4n) is 3.11. The summed E-state index contributed by atoms with van der Waals surface area (Å²) in [4.78, 5) is 15.1. The molecule has 1 aromatic rings. The van der Waals surface area contributed by atoms with Gasteiger partial charge in [0.25, 0.3) is 0 Å². The minimum absolute atomic E-state index is 0.188. The van der Waals surface area contributed by atoms with Crippen molar-refractivity contribution >= 4 is 17.3 Å². The van der Waals surface area contributed by atoms with Crippen LogP contribution in [0.2, 0.25) is 0 Å². The van der Waals surface area contributed by atoms with Gasteiger partial charge in [-0.25, -0.2) is 0 Å². The molecule has 106 valence electrons. The Bertz CT molecular complexity index is 404. The summed E-state index contributed by atoms with van der Waals surface area (Å²) in [6.45, 7) is 6.17. The Morgan fingerprint density at radius 2 is 2.32 bits per heavy atom. The molecule has 1 fully saturated rings. The van der Waals surface area contributed by atoms with Crippen LogP contribution in [0.5, 0.6) is 0 Å². The third-order valence-electron chi connectivity index (χ3n) is 4.21. The molecule has 4 heteroatoms. The Balaban J connectivity index is 2.11. The predicted molar refractivity (Wildman–Crippen MR) is 78.3 cm³/mol. The molecule has 0 aliphatic heterocycles. The van der Waals surface area contributed by atoms with E-state index in [0.717, 1.165) is 32.4 Å². The summed E-state index contributed by atoms with van der Waals surface area (Å²) in [5.41, 5.74) is 0. The fraction of sp³-hybridized carbons (Fsp3) is 0.667. The smallest absolute Gasteiger partial charge is 0.308 e. The number of aliphatic carboxylic acids is 1. The van der Waals surface area contributed by atoms with Crippen molar-refractivity contribution in [1.29, 1.82) is 0 Å². The minimum Gasteiger partial charge on any atom is -0.481 e. The zero-order chi connectivity index (χ0) is 13.8. The van der Waals surface area contributed by atoms with Crippen molar-refractivity contribution in [2.24, 2.45) is 11.8 Å². The lowest BCUT2D eigenvalue weighted by atomic mass is 9.78. The molecule has 19 heavy (non-hydrogen) atoms. The van der Waals surface area contributed by atoms with E-state index in [9.17, 15) is 9.90 Å². The van der Waals surface area contributed by atoms with Crippen LogP contribution in [0.1, 0.15) is 38.0 Å². The van der Waals surface area contributed by atoms with Crippen LogP contribution >= 0.6 is 11.3 Å². The van der Waals surface area contributed by atoms with Crippen molar-refractivity contribution < 1.29 is 9.90 Å². The number of thiophene rings is 1. The molecule has 3 atom stereocenters. The number of carboxylic acid groups (broad SMARTS) is 1. The number of nitrogens with zero attached hydrogens (tertiary/aromatic N) is 1. The van der Waals surface area contributed by atoms with Crippen molar-refractivity contribution in [3.05, 3.63) is 22.4 Å². The van der Waals surface area contributed by atoms with Crippen LogP contribution in [0.4, 0.5) is 0 Å². The van der Waals surface area contributed by atoms with Crippen molar-refractivity contribution in [3.63, 3.8) is 0 Å². The maximum atomic E-state index is 11.5. The van der Waals surface area contributed by atoms with Gasteiger partial charge >= 0.3 is 5.97 Å². The van der Waals surface area contributed by atoms with Gasteiger partial charge in [-0.15, -0.1) is 11.3 Å². The van der Waals surface area contributed by atoms with Gasteiger partial charge in [0, 0.05) is 17.5 Å². The van der Waals surface area contributed by atoms with Gasteiger partial charge in [-0.05, 0) is 43.2 Å². The van der Waals surface area contributed by atoms with Crippen molar-refractivity contribution in [2.75, 3.05) is 6.54 Å². The normalized spacial score (nSPS) is 27.6. The third kappa shape index (κ3) is 3.57. The Morgan fingerprint density at radius 3 is 2.89 bits per heavy atom. The second-order valence-corrected chi connectivity index (χ2v) is 6.61. The minimum atomic E-state index is -0.624. The van der Waals surface area contributed by atoms with E-state index in [1.165, 1.54) is 4.88 Å². The SMILES string of the molecule is CCN(Cc1cccs1)C1CC(C)CCC1C(=O)O. The Hall–Kier alpha value is -0.870. The summed E-state index contributed by atoms with van der Waals surface area (Å²) in [5, 5.41) is 11.5. The summed E-state index contributed by atoms with van der Waals surface area (Å²) >= 11 is 1.75. The molecule has 0 amide bonds. The summed E-state index contributed by atoms with van der Waals surface area (Å²) in [7, 11) is 0. The Kier molecular flexibility index (Phi) is 4.99. The van der Waals surface area contributed by atoms with E-state index >= 15 is 0 Å². The van der Waals surface area contributed by atoms with E-state index in [1.807, 2.05) is 0 Å². The predicted octanol–water partition coefficient (Wildman–Crippen LogP) is 3.46. The van der Waals surface area contributed by atoms with E-state index in [1.54, 1.807) is 11.3 Å². The van der Waals surface area contributed by atoms with Crippen LogP contribution in [0.3, 0.4) is 0 Å². The van der Waals surface area contributed by atoms with Crippen LogP contribution in [0, 0.1) is 11.8 Å². The molecular formula is C15H23NO2S. The van der Waals surface area contributed by atoms with Crippen LogP contribution in [0.25, 0.3) is 0 Å². The highest BCUT2D eigenvalue weighted by atomic mass is 32.1. The van der Waals surface area contributed by atoms with Gasteiger partial charge in [-0.1, -0.05) is 19.9 Å². The van der Waals surface area contributed by atoms with Gasteiger partial charge in [0.15, 0.2) is 0 Å². The van der Waals surface area contributed by atoms with Gasteiger partial charge < -0.3 is 5.11 Å². The molecule has 1 aliphatic rings. The first kappa shape index (κ1) is 14.5. The lowest BCUT2D eigenvalue weighted by molar-refractivity contribution is -0.146. The number of carboxylic acids is 1. The first-order valence-electron chi connectivity index (χ1n) is 7.11. The largest absolute Gasteiger partial charge is 0.481 e. The number of hydrogen-bond acceptors (Lipinski definition) is 3. The quantitative estimate of drug-likeness (QED) is 0.898. The van der Waals surface area contributed by atoms with Gasteiger partial charge in [0.2, 0.25) is 0 Å². The highest BCUT2D eigenvalue weighted by Crippen LogP contribution is 2.33. The number of rotatable bonds is 5. The maximum Gasteiger partial charge on any atom is 0.308 e. The second kappa shape index (κ2) is 6.53. The van der Waals surface area contributed by atoms with Gasteiger partial charge in [-0.3, -0.25) is 9.69 Å². The zero-order valence-corrected chi connectivity index (χ0v) is 12.5. The molecule has 0 radical (unpaired) electrons. The average molecular weight is 281 g/mol. The van der Waals surface area contributed by atoms with Crippen LogP contribution < -0.4 is 0 Å². The van der Waals surface area contributed by atoms with E-state index in [2.05, 4.69) is 36.3 Å². The lowest BCUT2D eigenvalue weighted by Gasteiger charge is -2.39. The average Bonchev–Trinajstić information content (AvgIpc) is 2.88. The summed E-state index contributed by atoms with van der Waals surface area (Å²) in [6.07, 6.45) is 2.88. The molecule has 1 saturated carbocycles. The lowest BCUT2D eigenvalue weighted by Crippen LogP contribution is -2.46. The molecule has 1 N–H and O–H groups in total. The van der Waals surface area contributed by atoms with Crippen molar-refractivity contribution in [1.82, 2.24) is 4.90 Å². The number of carbonyl (C=O) groups is 1. The Morgan fingerprint density at radius 1 is 1.53 bits per heavy atom. The highest BCUT2D eigenvalue weighted by molar-refractivity contribution is 7.09. The number of hydrogen-bond donors (Lipinski definition) is 1. The Labute approximate surface area is 119 Å². The first-order chi connectivity index (χ1) is 9.11. The highest BCUT2D eigenvalue weighted by Gasteiger charge is 2.36. The van der Waals surface area contributed by atoms with E-state index < -0.39 is 5.97 Å². The van der Waals surface area contributed by atoms with E-state index in [4.69, 9.17) is 0 Å². The molecule has 0 spiro atoms. The topological polar surface area (TPSA) is 40.5 Å². The van der Waals surface area contributed by atoms with Crippen LogP contribution in [-0.2, 0) is 11.3 Å². The van der Waals surface area contributed by atoms with Crippen LogP contribution in [-0.4, -0.2) is 28.6 Å². The van der Waals surface area contributed by atoms with Gasteiger partial charge in [0.05, 0.1) is 5.92 Å². The van der Waals surface area contributed by atoms with Crippen LogP contribution in [0.15, 0.2) is 17.5 Å². The molecular weight excluding hydrogens is 258 g/mol. The van der Waals surface area contributed by atoms with Crippen molar-refractivity contribution in [2.45, 2.75) is 45.7 Å². The summed E-state index contributed by atoms with van der Waals surface area (Å²) < 4.78 is 0. The second-order valence-electron chi connectivity index (χ2n) is 5.57. The zero-order valence-electron chi connectivity index (χ0n) is 11.7. The van der Waals surface area contributed by atoms with Gasteiger partial charge in [0.1, 0.15) is 0 Å². The van der Waals surface area contributed by atoms with E-state index in [0.29, 0.717) is 5.92 Å². The summed E-state index contributed by atoms with van der Waals surface area (Å²) in [6, 6.07) is 4.38. The molecule has 0 bridgehead atoms. The van der Waals surface area contributed by atoms with Crippen molar-refractivity contribution in [3.8, 4) is 0 Å². The molecule has 2 rings (SSSR count). The first-order valence-corrected chi connectivity index (χ1v) is 7.99. The summed E-state index contributed by atoms with van der Waals surface area (Å²) in [5.74, 6) is -0.185. The monoisotopic (exact) mass is 281 g/mol. The fourth-order valence-corrected chi connectivity index (χ4v) is 3.84.